The van der Waals surface area contributed by atoms with Gasteiger partial charge in [0.05, 0.1) is 0 Å². The number of ether oxygens (including phenoxy) is 3. The van der Waals surface area contributed by atoms with Gasteiger partial charge in [0, 0.05) is 0 Å². The zero-order valence-electron chi connectivity index (χ0n) is 12.1. The van der Waals surface area contributed by atoms with E-state index in [9.17, 15) is 0 Å². The predicted octanol–water partition coefficient (Wildman–Crippen LogP) is 3.21. The Hall–Kier alpha value is 0.679. The monoisotopic (exact) mass is 351 g/mol. The van der Waals surface area contributed by atoms with E-state index in [1.54, 1.807) is 0 Å². The number of hydrogen-bond acceptors (Lipinski definition) is 3. The zero-order chi connectivity index (χ0) is 13.5. The van der Waals surface area contributed by atoms with E-state index in [4.69, 9.17) is 14.2 Å². The molecule has 101 valence electrons. The third-order valence-corrected chi connectivity index (χ3v) is 3.80. The van der Waals surface area contributed by atoms with Crippen molar-refractivity contribution in [3.05, 3.63) is 0 Å². The molecule has 0 amide bonds. The van der Waals surface area contributed by atoms with Crippen LogP contribution < -0.4 is 0 Å². The molecule has 0 fully saturated rings. The first-order chi connectivity index (χ1) is 7.86. The Balaban J connectivity index is 4.55. The summed E-state index contributed by atoms with van der Waals surface area (Å²) in [5.41, 5.74) is 0. The molecule has 0 saturated carbocycles. The summed E-state index contributed by atoms with van der Waals surface area (Å²) in [5, 5.41) is 0. The Labute approximate surface area is 120 Å². The Morgan fingerprint density at radius 3 is 1.18 bits per heavy atom. The maximum atomic E-state index is 5.93. The van der Waals surface area contributed by atoms with E-state index in [1.807, 2.05) is 0 Å². The van der Waals surface area contributed by atoms with Gasteiger partial charge < -0.3 is 0 Å². The Morgan fingerprint density at radius 2 is 1.00 bits per heavy atom. The molecule has 3 nitrogen and oxygen atoms in total. The van der Waals surface area contributed by atoms with Gasteiger partial charge in [-0.2, -0.15) is 0 Å². The standard InChI is InChI=1S/C13H27O3.Sn/c1-7-10(4)14-13(15-11(5)8-2)16-12(6)9-3;/h10-12H,7-9H2,1-6H3;. The van der Waals surface area contributed by atoms with Crippen molar-refractivity contribution in [2.24, 2.45) is 0 Å². The van der Waals surface area contributed by atoms with Gasteiger partial charge in [0.2, 0.25) is 0 Å². The van der Waals surface area contributed by atoms with Gasteiger partial charge in [-0.05, 0) is 0 Å². The van der Waals surface area contributed by atoms with E-state index >= 15 is 0 Å². The van der Waals surface area contributed by atoms with Crippen LogP contribution in [0.4, 0.5) is 0 Å². The summed E-state index contributed by atoms with van der Waals surface area (Å²) in [6.07, 6.45) is 3.35. The van der Waals surface area contributed by atoms with Crippen LogP contribution in [0.25, 0.3) is 0 Å². The third kappa shape index (κ3) is 7.65. The summed E-state index contributed by atoms with van der Waals surface area (Å²) in [6.45, 7) is 12.5. The molecule has 0 rings (SSSR count). The van der Waals surface area contributed by atoms with E-state index in [0.717, 1.165) is 41.8 Å². The molecule has 0 aliphatic rings. The van der Waals surface area contributed by atoms with Gasteiger partial charge >= 0.3 is 120 Å². The van der Waals surface area contributed by atoms with E-state index in [0.29, 0.717) is 0 Å². The van der Waals surface area contributed by atoms with Gasteiger partial charge in [0.15, 0.2) is 0 Å². The second-order valence-electron chi connectivity index (χ2n) is 4.57. The molecule has 3 atom stereocenters. The van der Waals surface area contributed by atoms with Gasteiger partial charge in [0.1, 0.15) is 0 Å². The third-order valence-electron chi connectivity index (χ3n) is 2.79. The summed E-state index contributed by atoms with van der Waals surface area (Å²) < 4.78 is 16.9. The zero-order valence-corrected chi connectivity index (χ0v) is 14.9. The molecule has 3 unspecified atom stereocenters. The van der Waals surface area contributed by atoms with Crippen molar-refractivity contribution in [2.45, 2.75) is 83.1 Å². The summed E-state index contributed by atoms with van der Waals surface area (Å²) >= 11 is 1.12. The summed E-state index contributed by atoms with van der Waals surface area (Å²) in [6, 6.07) is 0. The Morgan fingerprint density at radius 1 is 0.765 bits per heavy atom. The first kappa shape index (κ1) is 17.7. The van der Waals surface area contributed by atoms with E-state index < -0.39 is 3.99 Å². The molecule has 0 bridgehead atoms. The molecule has 0 spiro atoms. The molecule has 0 aromatic rings. The molecule has 4 heteroatoms. The molecule has 0 saturated heterocycles. The van der Waals surface area contributed by atoms with Crippen molar-refractivity contribution >= 4 is 22.5 Å². The van der Waals surface area contributed by atoms with Crippen LogP contribution in [0.1, 0.15) is 60.8 Å². The SMILES string of the molecule is CCC(C)O[C]([Sn])(OC(C)CC)OC(C)CC. The van der Waals surface area contributed by atoms with Crippen LogP contribution in [0.3, 0.4) is 0 Å². The molecule has 0 aliphatic carbocycles. The van der Waals surface area contributed by atoms with Crippen LogP contribution in [0, 0.1) is 0 Å². The fourth-order valence-electron chi connectivity index (χ4n) is 1.13. The van der Waals surface area contributed by atoms with Crippen molar-refractivity contribution < 1.29 is 14.2 Å². The van der Waals surface area contributed by atoms with Crippen molar-refractivity contribution in [3.8, 4) is 0 Å². The average Bonchev–Trinajstić information content (AvgIpc) is 2.27. The molecule has 17 heavy (non-hydrogen) atoms. The Kier molecular flexibility index (Phi) is 9.07. The molecule has 0 N–H and O–H groups in total. The minimum atomic E-state index is -0.840. The summed E-state index contributed by atoms with van der Waals surface area (Å²) in [5.74, 6) is 0. The van der Waals surface area contributed by atoms with E-state index in [1.165, 1.54) is 0 Å². The van der Waals surface area contributed by atoms with Crippen LogP contribution in [0.5, 0.6) is 0 Å². The molecule has 0 aromatic heterocycles. The topological polar surface area (TPSA) is 27.7 Å². The number of hydrogen-bond donors (Lipinski definition) is 0. The fourth-order valence-corrected chi connectivity index (χ4v) is 2.85. The van der Waals surface area contributed by atoms with Gasteiger partial charge in [-0.1, -0.05) is 0 Å². The molecule has 0 aromatic carbocycles. The van der Waals surface area contributed by atoms with E-state index in [2.05, 4.69) is 41.5 Å². The van der Waals surface area contributed by atoms with E-state index in [-0.39, 0.29) is 18.3 Å². The van der Waals surface area contributed by atoms with Crippen LogP contribution >= 0.6 is 0 Å². The summed E-state index contributed by atoms with van der Waals surface area (Å²) in [4.78, 5) is 0. The maximum absolute atomic E-state index is 5.93. The first-order valence-corrected chi connectivity index (χ1v) is 8.07. The van der Waals surface area contributed by atoms with Gasteiger partial charge in [-0.3, -0.25) is 0 Å². The Bertz CT molecular complexity index is 168. The summed E-state index contributed by atoms with van der Waals surface area (Å²) in [7, 11) is 0. The minimum absolute atomic E-state index is 0.155. The first-order valence-electron chi connectivity index (χ1n) is 6.65. The number of rotatable bonds is 9. The van der Waals surface area contributed by atoms with Crippen LogP contribution in [-0.4, -0.2) is 44.8 Å². The normalized spacial score (nSPS) is 20.6. The molecule has 0 heterocycles. The molecular formula is C13H27O3Sn. The van der Waals surface area contributed by atoms with Crippen LogP contribution in [-0.2, 0) is 14.2 Å². The predicted molar refractivity (Wildman–Crippen MR) is 71.0 cm³/mol. The van der Waals surface area contributed by atoms with Crippen molar-refractivity contribution in [1.82, 2.24) is 0 Å². The van der Waals surface area contributed by atoms with Gasteiger partial charge in [0.25, 0.3) is 0 Å². The van der Waals surface area contributed by atoms with Crippen LogP contribution in [0.15, 0.2) is 0 Å². The van der Waals surface area contributed by atoms with Crippen molar-refractivity contribution in [1.29, 1.82) is 0 Å². The fraction of sp³-hybridized carbons (Fsp3) is 1.00. The van der Waals surface area contributed by atoms with Gasteiger partial charge in [-0.25, -0.2) is 0 Å². The van der Waals surface area contributed by atoms with Gasteiger partial charge in [-0.15, -0.1) is 0 Å². The second-order valence-corrected chi connectivity index (χ2v) is 6.31. The van der Waals surface area contributed by atoms with Crippen molar-refractivity contribution in [2.75, 3.05) is 0 Å². The second kappa shape index (κ2) is 8.72. The van der Waals surface area contributed by atoms with Crippen molar-refractivity contribution in [3.63, 3.8) is 0 Å². The van der Waals surface area contributed by atoms with Crippen LogP contribution in [0.2, 0.25) is 0 Å². The molecule has 0 aliphatic heterocycles. The average molecular weight is 350 g/mol. The molecular weight excluding hydrogens is 323 g/mol. The molecule has 3 radical (unpaired) electrons. The quantitative estimate of drug-likeness (QED) is 0.472.